The number of amides is 3. The summed E-state index contributed by atoms with van der Waals surface area (Å²) < 4.78 is 7.54. The molecule has 5 heterocycles. The maximum absolute atomic E-state index is 13.7. The first kappa shape index (κ1) is 37.8. The highest BCUT2D eigenvalue weighted by atomic mass is 35.5. The van der Waals surface area contributed by atoms with E-state index in [1.807, 2.05) is 46.8 Å². The largest absolute Gasteiger partial charge is 0.496 e. The Bertz CT molecular complexity index is 2050. The highest BCUT2D eigenvalue weighted by molar-refractivity contribution is 6.39. The first-order chi connectivity index (χ1) is 26.2. The second-order valence-corrected chi connectivity index (χ2v) is 15.0. The summed E-state index contributed by atoms with van der Waals surface area (Å²) in [5.74, 6) is 0.762. The number of nitrogens with zero attached hydrogens (tertiary/aromatic N) is 5. The number of carbonyl (C=O) groups is 3. The highest BCUT2D eigenvalue weighted by Crippen LogP contribution is 2.41. The summed E-state index contributed by atoms with van der Waals surface area (Å²) in [6.45, 7) is 5.16. The first-order valence-electron chi connectivity index (χ1n) is 18.7. The van der Waals surface area contributed by atoms with Gasteiger partial charge in [0.15, 0.2) is 5.82 Å². The van der Waals surface area contributed by atoms with Crippen LogP contribution in [0.4, 0.5) is 5.69 Å². The lowest BCUT2D eigenvalue weighted by atomic mass is 10.0. The lowest BCUT2D eigenvalue weighted by Gasteiger charge is -2.29. The second-order valence-electron chi connectivity index (χ2n) is 14.2. The van der Waals surface area contributed by atoms with Gasteiger partial charge in [-0.1, -0.05) is 53.9 Å². The second kappa shape index (κ2) is 16.9. The standard InChI is InChI=1S/C40H46Cl2N8O4/c1-48-32-14-20-50(35(52)15-19-49-17-4-3-5-18-49)24-31(32)46-39(48)40(53)47-30-8-6-7-28(36(30)41)29-13-16-44-38(37(29)42)25-9-10-26(33(21-25)54-2)22-43-23-27-11-12-34(51)45-27/h6-10,13,16,21,27,43H,3-5,11-12,14-15,17-20,22-24H2,1-2H3,(H,45,51)(H,47,53)/t27-/m1/s1. The van der Waals surface area contributed by atoms with Gasteiger partial charge in [-0.05, 0) is 50.6 Å². The van der Waals surface area contributed by atoms with Crippen molar-refractivity contribution >= 4 is 46.6 Å². The molecule has 1 atom stereocenters. The van der Waals surface area contributed by atoms with Crippen molar-refractivity contribution in [1.29, 1.82) is 0 Å². The zero-order valence-corrected chi connectivity index (χ0v) is 32.2. The summed E-state index contributed by atoms with van der Waals surface area (Å²) in [6, 6.07) is 13.2. The van der Waals surface area contributed by atoms with Gasteiger partial charge in [-0.3, -0.25) is 19.4 Å². The quantitative estimate of drug-likeness (QED) is 0.164. The number of imidazole rings is 1. The number of rotatable bonds is 12. The molecule has 0 aliphatic carbocycles. The predicted molar refractivity (Wildman–Crippen MR) is 210 cm³/mol. The number of anilines is 1. The predicted octanol–water partition coefficient (Wildman–Crippen LogP) is 5.85. The number of pyridine rings is 1. The minimum atomic E-state index is -0.398. The van der Waals surface area contributed by atoms with Crippen LogP contribution in [0.3, 0.4) is 0 Å². The highest BCUT2D eigenvalue weighted by Gasteiger charge is 2.29. The van der Waals surface area contributed by atoms with Crippen LogP contribution < -0.4 is 20.7 Å². The van der Waals surface area contributed by atoms with Gasteiger partial charge in [0.25, 0.3) is 5.91 Å². The Hall–Kier alpha value is -4.49. The Morgan fingerprint density at radius 3 is 2.61 bits per heavy atom. The fraction of sp³-hybridized carbons (Fsp3) is 0.425. The Labute approximate surface area is 325 Å². The SMILES string of the molecule is COc1cc(-c2nccc(-c3cccc(NC(=O)c4nc5c(n4C)CCN(C(=O)CCN4CCCCC4)C5)c3Cl)c2Cl)ccc1CNC[C@H]1CCC(=O)N1. The Morgan fingerprint density at radius 1 is 1.02 bits per heavy atom. The van der Waals surface area contributed by atoms with Crippen molar-refractivity contribution in [3.63, 3.8) is 0 Å². The lowest BCUT2D eigenvalue weighted by Crippen LogP contribution is -2.39. The van der Waals surface area contributed by atoms with Crippen LogP contribution in [0.15, 0.2) is 48.7 Å². The molecule has 12 nitrogen and oxygen atoms in total. The molecule has 0 radical (unpaired) electrons. The maximum Gasteiger partial charge on any atom is 0.291 e. The van der Waals surface area contributed by atoms with E-state index in [1.165, 1.54) is 19.3 Å². The van der Waals surface area contributed by atoms with Crippen LogP contribution in [0.5, 0.6) is 5.75 Å². The van der Waals surface area contributed by atoms with Crippen LogP contribution in [0.25, 0.3) is 22.4 Å². The average molecular weight is 774 g/mol. The van der Waals surface area contributed by atoms with Crippen molar-refractivity contribution in [1.82, 2.24) is 35.0 Å². The Morgan fingerprint density at radius 2 is 1.83 bits per heavy atom. The number of piperidine rings is 1. The van der Waals surface area contributed by atoms with E-state index >= 15 is 0 Å². The maximum atomic E-state index is 13.7. The van der Waals surface area contributed by atoms with Crippen molar-refractivity contribution in [3.05, 3.63) is 81.5 Å². The van der Waals surface area contributed by atoms with E-state index in [-0.39, 0.29) is 23.7 Å². The molecule has 3 N–H and O–H groups in total. The number of nitrogens with one attached hydrogen (secondary N) is 3. The fourth-order valence-corrected chi connectivity index (χ4v) is 8.25. The minimum absolute atomic E-state index is 0.0940. The molecule has 2 aromatic carbocycles. The first-order valence-corrected chi connectivity index (χ1v) is 19.4. The van der Waals surface area contributed by atoms with Crippen LogP contribution in [0.2, 0.25) is 10.0 Å². The molecule has 4 aromatic rings. The molecule has 3 amide bonds. The molecule has 0 unspecified atom stereocenters. The molecule has 14 heteroatoms. The molecule has 284 valence electrons. The number of aromatic nitrogens is 3. The number of benzene rings is 2. The number of ether oxygens (including phenoxy) is 1. The van der Waals surface area contributed by atoms with E-state index in [1.54, 1.807) is 25.4 Å². The van der Waals surface area contributed by atoms with Crippen LogP contribution >= 0.6 is 23.2 Å². The summed E-state index contributed by atoms with van der Waals surface area (Å²) in [5, 5.41) is 10.1. The number of hydrogen-bond donors (Lipinski definition) is 3. The van der Waals surface area contributed by atoms with E-state index in [4.69, 9.17) is 32.9 Å². The fourth-order valence-electron chi connectivity index (χ4n) is 7.66. The number of methoxy groups -OCH3 is 1. The summed E-state index contributed by atoms with van der Waals surface area (Å²) >= 11 is 14.0. The molecule has 54 heavy (non-hydrogen) atoms. The number of hydrogen-bond acceptors (Lipinski definition) is 8. The summed E-state index contributed by atoms with van der Waals surface area (Å²) in [5.41, 5.74) is 5.70. The van der Waals surface area contributed by atoms with E-state index in [2.05, 4.69) is 25.8 Å². The monoisotopic (exact) mass is 772 g/mol. The molecule has 0 spiro atoms. The van der Waals surface area contributed by atoms with Crippen molar-refractivity contribution in [2.24, 2.45) is 7.05 Å². The van der Waals surface area contributed by atoms with Crippen molar-refractivity contribution in [2.75, 3.05) is 45.2 Å². The Kier molecular flexibility index (Phi) is 11.8. The molecule has 7 rings (SSSR count). The zero-order valence-electron chi connectivity index (χ0n) is 30.7. The minimum Gasteiger partial charge on any atom is -0.496 e. The van der Waals surface area contributed by atoms with Crippen LogP contribution in [0, 0.1) is 0 Å². The lowest BCUT2D eigenvalue weighted by molar-refractivity contribution is -0.132. The molecule has 3 aliphatic rings. The number of halogens is 2. The van der Waals surface area contributed by atoms with Gasteiger partial charge in [0.05, 0.1) is 40.8 Å². The van der Waals surface area contributed by atoms with Crippen molar-refractivity contribution in [3.8, 4) is 28.1 Å². The van der Waals surface area contributed by atoms with Gasteiger partial charge in [-0.15, -0.1) is 0 Å². The van der Waals surface area contributed by atoms with Gasteiger partial charge in [-0.2, -0.15) is 0 Å². The van der Waals surface area contributed by atoms with E-state index in [0.29, 0.717) is 83.7 Å². The van der Waals surface area contributed by atoms with Gasteiger partial charge >= 0.3 is 0 Å². The van der Waals surface area contributed by atoms with Crippen molar-refractivity contribution < 1.29 is 19.1 Å². The third kappa shape index (κ3) is 8.27. The Balaban J connectivity index is 1.03. The molecule has 3 aliphatic heterocycles. The third-order valence-corrected chi connectivity index (χ3v) is 11.5. The van der Waals surface area contributed by atoms with Gasteiger partial charge in [0, 0.05) is 92.7 Å². The van der Waals surface area contributed by atoms with Gasteiger partial charge in [-0.25, -0.2) is 4.98 Å². The molecule has 0 bridgehead atoms. The van der Waals surface area contributed by atoms with E-state index in [9.17, 15) is 14.4 Å². The van der Waals surface area contributed by atoms with Gasteiger partial charge < -0.3 is 35.1 Å². The molecular weight excluding hydrogens is 727 g/mol. The summed E-state index contributed by atoms with van der Waals surface area (Å²) in [7, 11) is 3.46. The van der Waals surface area contributed by atoms with E-state index in [0.717, 1.165) is 48.6 Å². The number of carbonyl (C=O) groups excluding carboxylic acids is 3. The summed E-state index contributed by atoms with van der Waals surface area (Å²) in [6.07, 6.45) is 7.86. The normalized spacial score (nSPS) is 17.3. The number of fused-ring (bicyclic) bond motifs is 1. The molecule has 2 aromatic heterocycles. The van der Waals surface area contributed by atoms with Gasteiger partial charge in [0.1, 0.15) is 5.75 Å². The summed E-state index contributed by atoms with van der Waals surface area (Å²) in [4.78, 5) is 51.8. The third-order valence-electron chi connectivity index (χ3n) is 10.7. The molecule has 2 fully saturated rings. The molecular formula is C40H46Cl2N8O4. The molecule has 2 saturated heterocycles. The van der Waals surface area contributed by atoms with Gasteiger partial charge in [0.2, 0.25) is 11.8 Å². The van der Waals surface area contributed by atoms with Crippen molar-refractivity contribution in [2.45, 2.75) is 64.1 Å². The average Bonchev–Trinajstić information content (AvgIpc) is 3.76. The zero-order chi connectivity index (χ0) is 37.8. The topological polar surface area (TPSA) is 134 Å². The smallest absolute Gasteiger partial charge is 0.291 e. The number of likely N-dealkylation sites (tertiary alicyclic amines) is 1. The van der Waals surface area contributed by atoms with E-state index < -0.39 is 5.91 Å². The molecule has 0 saturated carbocycles. The van der Waals surface area contributed by atoms with Crippen LogP contribution in [-0.2, 0) is 36.1 Å². The van der Waals surface area contributed by atoms with Crippen LogP contribution in [-0.4, -0.2) is 87.9 Å². The van der Waals surface area contributed by atoms with Crippen LogP contribution in [0.1, 0.15) is 66.1 Å².